The molecule has 0 unspecified atom stereocenters. The van der Waals surface area contributed by atoms with Crippen LogP contribution in [0, 0.1) is 0 Å². The number of benzene rings is 2. The summed E-state index contributed by atoms with van der Waals surface area (Å²) in [5.41, 5.74) is 9.77. The Labute approximate surface area is 133 Å². The smallest absolute Gasteiger partial charge is 0.257 e. The van der Waals surface area contributed by atoms with Crippen LogP contribution in [0.3, 0.4) is 0 Å². The SMILES string of the molecule is N[C@H](Cc1ccc(O)cc1)C(=O)N/N=C\c1ccccc1Cl. The van der Waals surface area contributed by atoms with E-state index in [1.807, 2.05) is 12.1 Å². The maximum absolute atomic E-state index is 11.9. The molecule has 114 valence electrons. The Balaban J connectivity index is 1.89. The van der Waals surface area contributed by atoms with Crippen LogP contribution in [0.15, 0.2) is 53.6 Å². The number of aromatic hydroxyl groups is 1. The standard InChI is InChI=1S/C16H16ClN3O2/c17-14-4-2-1-3-12(14)10-19-20-16(22)15(18)9-11-5-7-13(21)8-6-11/h1-8,10,15,21H,9,18H2,(H,20,22)/b19-10-/t15-/m1/s1. The van der Waals surface area contributed by atoms with Crippen molar-refractivity contribution in [2.24, 2.45) is 10.8 Å². The monoisotopic (exact) mass is 317 g/mol. The van der Waals surface area contributed by atoms with Gasteiger partial charge in [0.25, 0.3) is 5.91 Å². The number of carbonyl (C=O) groups excluding carboxylic acids is 1. The second kappa shape index (κ2) is 7.59. The molecule has 1 amide bonds. The van der Waals surface area contributed by atoms with Gasteiger partial charge in [0.2, 0.25) is 0 Å². The largest absolute Gasteiger partial charge is 0.508 e. The molecule has 6 heteroatoms. The first-order chi connectivity index (χ1) is 10.6. The minimum Gasteiger partial charge on any atom is -0.508 e. The molecular weight excluding hydrogens is 302 g/mol. The van der Waals surface area contributed by atoms with E-state index in [1.165, 1.54) is 6.21 Å². The number of hydrogen-bond acceptors (Lipinski definition) is 4. The van der Waals surface area contributed by atoms with E-state index in [2.05, 4.69) is 10.5 Å². The lowest BCUT2D eigenvalue weighted by atomic mass is 10.1. The van der Waals surface area contributed by atoms with Crippen LogP contribution in [0.5, 0.6) is 5.75 Å². The summed E-state index contributed by atoms with van der Waals surface area (Å²) in [6, 6.07) is 13.0. The van der Waals surface area contributed by atoms with Crippen molar-refractivity contribution in [3.05, 3.63) is 64.7 Å². The van der Waals surface area contributed by atoms with Gasteiger partial charge in [-0.2, -0.15) is 5.10 Å². The molecule has 0 saturated carbocycles. The zero-order valence-corrected chi connectivity index (χ0v) is 12.5. The normalized spacial score (nSPS) is 12.3. The van der Waals surface area contributed by atoms with Gasteiger partial charge in [0.05, 0.1) is 12.3 Å². The third kappa shape index (κ3) is 4.58. The number of nitrogens with two attached hydrogens (primary N) is 1. The number of amides is 1. The maximum atomic E-state index is 11.9. The van der Waals surface area contributed by atoms with E-state index >= 15 is 0 Å². The van der Waals surface area contributed by atoms with Crippen molar-refractivity contribution in [2.75, 3.05) is 0 Å². The molecule has 0 aliphatic rings. The number of hydrogen-bond donors (Lipinski definition) is 3. The highest BCUT2D eigenvalue weighted by atomic mass is 35.5. The predicted molar refractivity (Wildman–Crippen MR) is 87.0 cm³/mol. The van der Waals surface area contributed by atoms with Crippen molar-refractivity contribution in [3.8, 4) is 5.75 Å². The minimum atomic E-state index is -0.729. The van der Waals surface area contributed by atoms with Crippen LogP contribution in [-0.2, 0) is 11.2 Å². The lowest BCUT2D eigenvalue weighted by molar-refractivity contribution is -0.122. The molecule has 0 heterocycles. The van der Waals surface area contributed by atoms with Gasteiger partial charge in [-0.3, -0.25) is 4.79 Å². The third-order valence-electron chi connectivity index (χ3n) is 3.01. The molecule has 0 bridgehead atoms. The van der Waals surface area contributed by atoms with Crippen LogP contribution >= 0.6 is 11.6 Å². The maximum Gasteiger partial charge on any atom is 0.257 e. The topological polar surface area (TPSA) is 87.7 Å². The molecule has 0 spiro atoms. The molecule has 4 N–H and O–H groups in total. The van der Waals surface area contributed by atoms with Crippen molar-refractivity contribution >= 4 is 23.7 Å². The highest BCUT2D eigenvalue weighted by Gasteiger charge is 2.13. The predicted octanol–water partition coefficient (Wildman–Crippen LogP) is 2.07. The summed E-state index contributed by atoms with van der Waals surface area (Å²) in [5, 5.41) is 13.6. The van der Waals surface area contributed by atoms with Gasteiger partial charge < -0.3 is 10.8 Å². The molecule has 1 atom stereocenters. The van der Waals surface area contributed by atoms with Crippen LogP contribution in [0.25, 0.3) is 0 Å². The van der Waals surface area contributed by atoms with Crippen LogP contribution in [0.2, 0.25) is 5.02 Å². The van der Waals surface area contributed by atoms with Crippen molar-refractivity contribution in [1.29, 1.82) is 0 Å². The molecule has 0 aliphatic carbocycles. The quantitative estimate of drug-likeness (QED) is 0.582. The summed E-state index contributed by atoms with van der Waals surface area (Å²) in [5.74, 6) is -0.220. The third-order valence-corrected chi connectivity index (χ3v) is 3.36. The van der Waals surface area contributed by atoms with E-state index in [0.717, 1.165) is 5.56 Å². The first-order valence-corrected chi connectivity index (χ1v) is 7.05. The molecule has 0 aromatic heterocycles. The number of carbonyl (C=O) groups is 1. The van der Waals surface area contributed by atoms with E-state index in [0.29, 0.717) is 17.0 Å². The fraction of sp³-hybridized carbons (Fsp3) is 0.125. The van der Waals surface area contributed by atoms with E-state index < -0.39 is 11.9 Å². The highest BCUT2D eigenvalue weighted by molar-refractivity contribution is 6.33. The van der Waals surface area contributed by atoms with E-state index in [9.17, 15) is 9.90 Å². The average molecular weight is 318 g/mol. The Morgan fingerprint density at radius 2 is 1.95 bits per heavy atom. The van der Waals surface area contributed by atoms with Crippen molar-refractivity contribution in [3.63, 3.8) is 0 Å². The Bertz CT molecular complexity index is 671. The van der Waals surface area contributed by atoms with E-state index in [4.69, 9.17) is 17.3 Å². The fourth-order valence-electron chi connectivity index (χ4n) is 1.81. The van der Waals surface area contributed by atoms with E-state index in [1.54, 1.807) is 36.4 Å². The number of rotatable bonds is 5. The molecule has 2 aromatic carbocycles. The van der Waals surface area contributed by atoms with Gasteiger partial charge in [-0.05, 0) is 30.2 Å². The van der Waals surface area contributed by atoms with Crippen molar-refractivity contribution in [2.45, 2.75) is 12.5 Å². The Kier molecular flexibility index (Phi) is 5.52. The first kappa shape index (κ1) is 16.0. The molecule has 0 fully saturated rings. The summed E-state index contributed by atoms with van der Waals surface area (Å²) < 4.78 is 0. The molecule has 0 saturated heterocycles. The summed E-state index contributed by atoms with van der Waals surface area (Å²) in [4.78, 5) is 11.9. The Hall–Kier alpha value is -2.37. The average Bonchev–Trinajstić information content (AvgIpc) is 2.51. The number of nitrogens with zero attached hydrogens (tertiary/aromatic N) is 1. The van der Waals surface area contributed by atoms with Crippen LogP contribution in [-0.4, -0.2) is 23.3 Å². The van der Waals surface area contributed by atoms with Crippen molar-refractivity contribution < 1.29 is 9.90 Å². The molecular formula is C16H16ClN3O2. The molecule has 2 aromatic rings. The summed E-state index contributed by atoms with van der Waals surface area (Å²) >= 11 is 5.97. The van der Waals surface area contributed by atoms with Gasteiger partial charge in [0.1, 0.15) is 5.75 Å². The van der Waals surface area contributed by atoms with Crippen LogP contribution in [0.4, 0.5) is 0 Å². The number of hydrazone groups is 1. The molecule has 2 rings (SSSR count). The van der Waals surface area contributed by atoms with Gasteiger partial charge in [-0.1, -0.05) is 41.9 Å². The first-order valence-electron chi connectivity index (χ1n) is 6.67. The second-order valence-corrected chi connectivity index (χ2v) is 5.14. The molecule has 22 heavy (non-hydrogen) atoms. The number of phenols is 1. The number of phenolic OH excluding ortho intramolecular Hbond substituents is 1. The van der Waals surface area contributed by atoms with Gasteiger partial charge >= 0.3 is 0 Å². The Morgan fingerprint density at radius 3 is 2.64 bits per heavy atom. The molecule has 0 aliphatic heterocycles. The van der Waals surface area contributed by atoms with Gasteiger partial charge in [-0.15, -0.1) is 0 Å². The van der Waals surface area contributed by atoms with Crippen LogP contribution < -0.4 is 11.2 Å². The fourth-order valence-corrected chi connectivity index (χ4v) is 1.99. The van der Waals surface area contributed by atoms with Gasteiger partial charge in [-0.25, -0.2) is 5.43 Å². The summed E-state index contributed by atoms with van der Waals surface area (Å²) in [6.45, 7) is 0. The van der Waals surface area contributed by atoms with Crippen LogP contribution in [0.1, 0.15) is 11.1 Å². The Morgan fingerprint density at radius 1 is 1.27 bits per heavy atom. The summed E-state index contributed by atoms with van der Waals surface area (Å²) in [7, 11) is 0. The van der Waals surface area contributed by atoms with Gasteiger partial charge in [0, 0.05) is 10.6 Å². The molecule has 0 radical (unpaired) electrons. The second-order valence-electron chi connectivity index (χ2n) is 4.73. The van der Waals surface area contributed by atoms with E-state index in [-0.39, 0.29) is 5.75 Å². The minimum absolute atomic E-state index is 0.172. The number of halogens is 1. The number of nitrogens with one attached hydrogen (secondary N) is 1. The zero-order valence-electron chi connectivity index (χ0n) is 11.7. The molecule has 5 nitrogen and oxygen atoms in total. The van der Waals surface area contributed by atoms with Crippen molar-refractivity contribution in [1.82, 2.24) is 5.43 Å². The highest BCUT2D eigenvalue weighted by Crippen LogP contribution is 2.12. The zero-order chi connectivity index (χ0) is 15.9. The lowest BCUT2D eigenvalue weighted by Crippen LogP contribution is -2.39. The summed E-state index contributed by atoms with van der Waals surface area (Å²) in [6.07, 6.45) is 1.82. The van der Waals surface area contributed by atoms with Gasteiger partial charge in [0.15, 0.2) is 0 Å². The lowest BCUT2D eigenvalue weighted by Gasteiger charge is -2.09.